The lowest BCUT2D eigenvalue weighted by atomic mass is 10.0. The number of anilines is 1. The Hall–Kier alpha value is -2.36. The molecule has 0 aliphatic carbocycles. The molecular formula is C16H20N2O2. The van der Waals surface area contributed by atoms with Gasteiger partial charge >= 0.3 is 5.97 Å². The highest BCUT2D eigenvalue weighted by molar-refractivity contribution is 5.96. The summed E-state index contributed by atoms with van der Waals surface area (Å²) >= 11 is 0. The summed E-state index contributed by atoms with van der Waals surface area (Å²) < 4.78 is 4.70. The molecule has 0 saturated heterocycles. The molecule has 0 unspecified atom stereocenters. The molecule has 4 heteroatoms. The number of nitrogens with two attached hydrogens (primary N) is 1. The quantitative estimate of drug-likeness (QED) is 0.671. The summed E-state index contributed by atoms with van der Waals surface area (Å²) in [7, 11) is 1.34. The third kappa shape index (κ3) is 3.57. The van der Waals surface area contributed by atoms with Gasteiger partial charge in [0.05, 0.1) is 12.7 Å². The minimum Gasteiger partial charge on any atom is -0.465 e. The summed E-state index contributed by atoms with van der Waals surface area (Å²) in [6.45, 7) is 5.92. The van der Waals surface area contributed by atoms with E-state index < -0.39 is 5.97 Å². The van der Waals surface area contributed by atoms with Crippen molar-refractivity contribution in [2.75, 3.05) is 12.8 Å². The van der Waals surface area contributed by atoms with E-state index in [0.29, 0.717) is 11.3 Å². The van der Waals surface area contributed by atoms with E-state index in [2.05, 4.69) is 4.98 Å². The fourth-order valence-corrected chi connectivity index (χ4v) is 1.75. The largest absolute Gasteiger partial charge is 0.465 e. The highest BCUT2D eigenvalue weighted by Crippen LogP contribution is 2.24. The van der Waals surface area contributed by atoms with E-state index in [-0.39, 0.29) is 0 Å². The molecular weight excluding hydrogens is 252 g/mol. The molecule has 0 aliphatic heterocycles. The van der Waals surface area contributed by atoms with E-state index in [0.717, 1.165) is 16.8 Å². The van der Waals surface area contributed by atoms with Gasteiger partial charge in [0.25, 0.3) is 0 Å². The van der Waals surface area contributed by atoms with Gasteiger partial charge in [-0.15, -0.1) is 0 Å². The van der Waals surface area contributed by atoms with Crippen LogP contribution in [0.25, 0.3) is 11.1 Å². The average Bonchev–Trinajstić information content (AvgIpc) is 2.49. The maximum atomic E-state index is 11.6. The lowest BCUT2D eigenvalue weighted by molar-refractivity contribution is 0.0602. The molecule has 4 nitrogen and oxygen atoms in total. The number of pyridine rings is 1. The molecule has 2 rings (SSSR count). The van der Waals surface area contributed by atoms with E-state index in [9.17, 15) is 4.79 Å². The zero-order valence-electron chi connectivity index (χ0n) is 12.3. The van der Waals surface area contributed by atoms with Crippen molar-refractivity contribution in [3.63, 3.8) is 0 Å². The molecule has 0 spiro atoms. The second-order valence-corrected chi connectivity index (χ2v) is 3.98. The maximum absolute atomic E-state index is 11.6. The summed E-state index contributed by atoms with van der Waals surface area (Å²) in [6, 6.07) is 9.15. The SMILES string of the molecule is CC.COC(=O)c1cc(-c2ccnc(C)c2)ccc1N. The number of nitrogen functional groups attached to an aromatic ring is 1. The molecule has 1 aromatic carbocycles. The first-order valence-electron chi connectivity index (χ1n) is 6.52. The first-order chi connectivity index (χ1) is 9.61. The van der Waals surface area contributed by atoms with Gasteiger partial charge in [-0.1, -0.05) is 19.9 Å². The number of esters is 1. The van der Waals surface area contributed by atoms with Crippen molar-refractivity contribution < 1.29 is 9.53 Å². The second kappa shape index (κ2) is 7.28. The van der Waals surface area contributed by atoms with Gasteiger partial charge in [-0.2, -0.15) is 0 Å². The average molecular weight is 272 g/mol. The molecule has 2 N–H and O–H groups in total. The smallest absolute Gasteiger partial charge is 0.339 e. The Labute approximate surface area is 119 Å². The van der Waals surface area contributed by atoms with E-state index in [1.54, 1.807) is 18.3 Å². The topological polar surface area (TPSA) is 65.2 Å². The third-order valence-electron chi connectivity index (χ3n) is 2.69. The minimum atomic E-state index is -0.430. The minimum absolute atomic E-state index is 0.379. The van der Waals surface area contributed by atoms with Gasteiger partial charge in [0, 0.05) is 17.6 Å². The van der Waals surface area contributed by atoms with Gasteiger partial charge in [0.15, 0.2) is 0 Å². The molecule has 1 heterocycles. The van der Waals surface area contributed by atoms with Crippen molar-refractivity contribution >= 4 is 11.7 Å². The lowest BCUT2D eigenvalue weighted by Gasteiger charge is -2.07. The van der Waals surface area contributed by atoms with Crippen molar-refractivity contribution in [2.45, 2.75) is 20.8 Å². The summed E-state index contributed by atoms with van der Waals surface area (Å²) in [6.07, 6.45) is 1.73. The van der Waals surface area contributed by atoms with Crippen LogP contribution in [0.5, 0.6) is 0 Å². The number of benzene rings is 1. The number of hydrogen-bond acceptors (Lipinski definition) is 4. The number of carbonyl (C=O) groups is 1. The summed E-state index contributed by atoms with van der Waals surface area (Å²) in [5.74, 6) is -0.430. The van der Waals surface area contributed by atoms with Crippen molar-refractivity contribution in [3.05, 3.63) is 47.8 Å². The summed E-state index contributed by atoms with van der Waals surface area (Å²) in [4.78, 5) is 15.7. The van der Waals surface area contributed by atoms with Crippen LogP contribution in [0.4, 0.5) is 5.69 Å². The third-order valence-corrected chi connectivity index (χ3v) is 2.69. The Morgan fingerprint density at radius 1 is 1.15 bits per heavy atom. The predicted octanol–water partition coefficient (Wildman–Crippen LogP) is 3.45. The van der Waals surface area contributed by atoms with Crippen molar-refractivity contribution in [1.29, 1.82) is 0 Å². The molecule has 0 radical (unpaired) electrons. The predicted molar refractivity (Wildman–Crippen MR) is 81.5 cm³/mol. The number of nitrogens with zero attached hydrogens (tertiary/aromatic N) is 1. The molecule has 0 amide bonds. The summed E-state index contributed by atoms with van der Waals surface area (Å²) in [5, 5.41) is 0. The van der Waals surface area contributed by atoms with Crippen LogP contribution in [-0.4, -0.2) is 18.1 Å². The van der Waals surface area contributed by atoms with Gasteiger partial charge < -0.3 is 10.5 Å². The Morgan fingerprint density at radius 3 is 2.40 bits per heavy atom. The lowest BCUT2D eigenvalue weighted by Crippen LogP contribution is -2.05. The van der Waals surface area contributed by atoms with Crippen LogP contribution in [-0.2, 0) is 4.74 Å². The Morgan fingerprint density at radius 2 is 1.80 bits per heavy atom. The van der Waals surface area contributed by atoms with E-state index in [1.165, 1.54) is 7.11 Å². The number of hydrogen-bond donors (Lipinski definition) is 1. The van der Waals surface area contributed by atoms with Gasteiger partial charge in [-0.05, 0) is 42.3 Å². The van der Waals surface area contributed by atoms with Crippen molar-refractivity contribution in [3.8, 4) is 11.1 Å². The number of aryl methyl sites for hydroxylation is 1. The zero-order chi connectivity index (χ0) is 15.1. The first-order valence-corrected chi connectivity index (χ1v) is 6.52. The van der Waals surface area contributed by atoms with E-state index >= 15 is 0 Å². The van der Waals surface area contributed by atoms with Crippen LogP contribution in [0.15, 0.2) is 36.5 Å². The Kier molecular flexibility index (Phi) is 5.72. The van der Waals surface area contributed by atoms with Crippen molar-refractivity contribution in [1.82, 2.24) is 4.98 Å². The number of rotatable bonds is 2. The Bertz CT molecular complexity index is 595. The molecule has 0 aliphatic rings. The van der Waals surface area contributed by atoms with Crippen LogP contribution < -0.4 is 5.73 Å². The molecule has 0 atom stereocenters. The van der Waals surface area contributed by atoms with Gasteiger partial charge in [-0.3, -0.25) is 4.98 Å². The standard InChI is InChI=1S/C14H14N2O2.C2H6/c1-9-7-11(5-6-16-9)10-3-4-13(15)12(8-10)14(17)18-2;1-2/h3-8H,15H2,1-2H3;1-2H3. The molecule has 1 aromatic heterocycles. The molecule has 106 valence electrons. The van der Waals surface area contributed by atoms with E-state index in [4.69, 9.17) is 10.5 Å². The van der Waals surface area contributed by atoms with Gasteiger partial charge in [0.2, 0.25) is 0 Å². The molecule has 2 aromatic rings. The van der Waals surface area contributed by atoms with Gasteiger partial charge in [0.1, 0.15) is 0 Å². The molecule has 20 heavy (non-hydrogen) atoms. The van der Waals surface area contributed by atoms with E-state index in [1.807, 2.05) is 39.0 Å². The fraction of sp³-hybridized carbons (Fsp3) is 0.250. The number of aromatic nitrogens is 1. The molecule has 0 fully saturated rings. The van der Waals surface area contributed by atoms with Crippen LogP contribution >= 0.6 is 0 Å². The molecule has 0 bridgehead atoms. The number of carbonyl (C=O) groups excluding carboxylic acids is 1. The zero-order valence-corrected chi connectivity index (χ0v) is 12.3. The van der Waals surface area contributed by atoms with Crippen molar-refractivity contribution in [2.24, 2.45) is 0 Å². The van der Waals surface area contributed by atoms with Gasteiger partial charge in [-0.25, -0.2) is 4.79 Å². The van der Waals surface area contributed by atoms with Crippen LogP contribution in [0.1, 0.15) is 29.9 Å². The first kappa shape index (κ1) is 15.7. The van der Waals surface area contributed by atoms with Crippen LogP contribution in [0.3, 0.4) is 0 Å². The van der Waals surface area contributed by atoms with Crippen LogP contribution in [0, 0.1) is 6.92 Å². The maximum Gasteiger partial charge on any atom is 0.339 e. The second-order valence-electron chi connectivity index (χ2n) is 3.98. The summed E-state index contributed by atoms with van der Waals surface area (Å²) in [5.41, 5.74) is 9.38. The molecule has 0 saturated carbocycles. The number of methoxy groups -OCH3 is 1. The number of ether oxygens (including phenoxy) is 1. The highest BCUT2D eigenvalue weighted by atomic mass is 16.5. The Balaban J connectivity index is 0.000000956. The highest BCUT2D eigenvalue weighted by Gasteiger charge is 2.11. The van der Waals surface area contributed by atoms with Crippen LogP contribution in [0.2, 0.25) is 0 Å². The normalized spacial score (nSPS) is 9.40. The fourth-order valence-electron chi connectivity index (χ4n) is 1.75. The monoisotopic (exact) mass is 272 g/mol.